The van der Waals surface area contributed by atoms with Gasteiger partial charge in [-0.1, -0.05) is 6.07 Å². The Morgan fingerprint density at radius 1 is 1.15 bits per heavy atom. The van der Waals surface area contributed by atoms with E-state index in [2.05, 4.69) is 21.0 Å². The number of allylic oxidation sites excluding steroid dienone is 1. The van der Waals surface area contributed by atoms with Crippen molar-refractivity contribution in [2.75, 3.05) is 7.11 Å². The van der Waals surface area contributed by atoms with Gasteiger partial charge in [0.2, 0.25) is 5.88 Å². The molecule has 2 aromatic carbocycles. The highest BCUT2D eigenvalue weighted by Crippen LogP contribution is 2.33. The third-order valence-corrected chi connectivity index (χ3v) is 5.12. The number of aromatic amines is 1. The van der Waals surface area contributed by atoms with Crippen LogP contribution in [0.3, 0.4) is 0 Å². The number of H-pyrrole nitrogens is 1. The van der Waals surface area contributed by atoms with Crippen LogP contribution in [-0.2, 0) is 0 Å². The number of nitrogens with zero attached hydrogens (tertiary/aromatic N) is 4. The predicted molar refractivity (Wildman–Crippen MR) is 123 cm³/mol. The van der Waals surface area contributed by atoms with Crippen molar-refractivity contribution in [2.45, 2.75) is 13.8 Å². The summed E-state index contributed by atoms with van der Waals surface area (Å²) in [4.78, 5) is 21.9. The van der Waals surface area contributed by atoms with Crippen LogP contribution in [0.1, 0.15) is 22.5 Å². The number of benzene rings is 2. The van der Waals surface area contributed by atoms with Crippen molar-refractivity contribution in [3.8, 4) is 23.4 Å². The highest BCUT2D eigenvalue weighted by Gasteiger charge is 2.12. The molecular weight excluding hydrogens is 422 g/mol. The topological polar surface area (TPSA) is 127 Å². The molecule has 1 N–H and O–H groups in total. The Hall–Kier alpha value is -4.71. The van der Waals surface area contributed by atoms with Gasteiger partial charge in [0.25, 0.3) is 5.69 Å². The Labute approximate surface area is 189 Å². The normalized spacial score (nSPS) is 11.3. The molecule has 9 heteroatoms. The molecule has 0 unspecified atom stereocenters. The van der Waals surface area contributed by atoms with Gasteiger partial charge in [-0.25, -0.2) is 9.97 Å². The van der Waals surface area contributed by atoms with Crippen LogP contribution in [0.5, 0.6) is 17.4 Å². The molecule has 0 aliphatic carbocycles. The van der Waals surface area contributed by atoms with Crippen LogP contribution in [-0.4, -0.2) is 27.0 Å². The van der Waals surface area contributed by atoms with Crippen molar-refractivity contribution < 1.29 is 14.4 Å². The summed E-state index contributed by atoms with van der Waals surface area (Å²) in [7, 11) is 1.49. The lowest BCUT2D eigenvalue weighted by Crippen LogP contribution is -1.94. The third kappa shape index (κ3) is 4.50. The van der Waals surface area contributed by atoms with Crippen molar-refractivity contribution >= 4 is 28.4 Å². The maximum absolute atomic E-state index is 10.8. The SMILES string of the molecule is COc1cc(/C=C(\C#N)c2nc3cc(C)c(C)cc3[nH]2)ccc1Oc1ccc([N+](=O)[O-])cn1. The van der Waals surface area contributed by atoms with Crippen LogP contribution in [0.15, 0.2) is 48.7 Å². The van der Waals surface area contributed by atoms with Gasteiger partial charge in [-0.15, -0.1) is 0 Å². The molecule has 0 aliphatic rings. The first-order valence-corrected chi connectivity index (χ1v) is 9.93. The number of methoxy groups -OCH3 is 1. The monoisotopic (exact) mass is 441 g/mol. The highest BCUT2D eigenvalue weighted by molar-refractivity contribution is 5.90. The molecule has 2 heterocycles. The van der Waals surface area contributed by atoms with Crippen molar-refractivity contribution in [2.24, 2.45) is 0 Å². The van der Waals surface area contributed by atoms with Crippen LogP contribution >= 0.6 is 0 Å². The number of nitrogens with one attached hydrogen (secondary N) is 1. The van der Waals surface area contributed by atoms with Crippen molar-refractivity contribution in [3.63, 3.8) is 0 Å². The number of hydrogen-bond acceptors (Lipinski definition) is 7. The van der Waals surface area contributed by atoms with Crippen LogP contribution in [0.2, 0.25) is 0 Å². The summed E-state index contributed by atoms with van der Waals surface area (Å²) in [6.45, 7) is 4.05. The highest BCUT2D eigenvalue weighted by atomic mass is 16.6. The molecule has 0 atom stereocenters. The minimum absolute atomic E-state index is 0.130. The number of fused-ring (bicyclic) bond motifs is 1. The summed E-state index contributed by atoms with van der Waals surface area (Å²) >= 11 is 0. The van der Waals surface area contributed by atoms with E-state index in [1.807, 2.05) is 26.0 Å². The van der Waals surface area contributed by atoms with Gasteiger partial charge in [0.05, 0.1) is 28.6 Å². The molecule has 0 radical (unpaired) electrons. The number of hydrogen-bond donors (Lipinski definition) is 1. The van der Waals surface area contributed by atoms with Crippen LogP contribution in [0, 0.1) is 35.3 Å². The zero-order valence-corrected chi connectivity index (χ0v) is 18.1. The van der Waals surface area contributed by atoms with E-state index in [-0.39, 0.29) is 11.6 Å². The van der Waals surface area contributed by atoms with Gasteiger partial charge in [-0.05, 0) is 60.9 Å². The summed E-state index contributed by atoms with van der Waals surface area (Å²) in [6.07, 6.45) is 2.82. The third-order valence-electron chi connectivity index (χ3n) is 5.12. The molecule has 0 aliphatic heterocycles. The fourth-order valence-electron chi connectivity index (χ4n) is 3.23. The quantitative estimate of drug-likeness (QED) is 0.243. The van der Waals surface area contributed by atoms with E-state index in [0.717, 1.165) is 28.4 Å². The zero-order chi connectivity index (χ0) is 23.5. The zero-order valence-electron chi connectivity index (χ0n) is 18.1. The number of nitro groups is 1. The average Bonchev–Trinajstić information content (AvgIpc) is 3.21. The van der Waals surface area contributed by atoms with E-state index < -0.39 is 4.92 Å². The maximum atomic E-state index is 10.8. The van der Waals surface area contributed by atoms with Gasteiger partial charge in [0.15, 0.2) is 11.5 Å². The Kier molecular flexibility index (Phi) is 5.74. The van der Waals surface area contributed by atoms with Gasteiger partial charge in [-0.2, -0.15) is 5.26 Å². The first-order chi connectivity index (χ1) is 15.9. The van der Waals surface area contributed by atoms with E-state index in [4.69, 9.17) is 9.47 Å². The molecule has 4 aromatic rings. The van der Waals surface area contributed by atoms with Gasteiger partial charge in [0, 0.05) is 12.1 Å². The van der Waals surface area contributed by atoms with Gasteiger partial charge < -0.3 is 14.5 Å². The number of nitriles is 1. The van der Waals surface area contributed by atoms with Crippen LogP contribution < -0.4 is 9.47 Å². The number of rotatable bonds is 6. The standard InChI is InChI=1S/C24H19N5O4/c1-14-8-19-20(9-15(14)2)28-24(27-19)17(12-25)10-16-4-6-21(22(11-16)32-3)33-23-7-5-18(13-26-23)29(30)31/h4-11,13H,1-3H3,(H,27,28)/b17-10+. The molecule has 0 saturated carbocycles. The second-order valence-corrected chi connectivity index (χ2v) is 7.33. The minimum Gasteiger partial charge on any atom is -0.493 e. The lowest BCUT2D eigenvalue weighted by atomic mass is 10.1. The Morgan fingerprint density at radius 2 is 1.94 bits per heavy atom. The maximum Gasteiger partial charge on any atom is 0.287 e. The fourth-order valence-corrected chi connectivity index (χ4v) is 3.23. The number of ether oxygens (including phenoxy) is 2. The first-order valence-electron chi connectivity index (χ1n) is 9.93. The largest absolute Gasteiger partial charge is 0.493 e. The van der Waals surface area contributed by atoms with Crippen molar-refractivity contribution in [1.82, 2.24) is 15.0 Å². The van der Waals surface area contributed by atoms with Crippen LogP contribution in [0.25, 0.3) is 22.7 Å². The van der Waals surface area contributed by atoms with Crippen molar-refractivity contribution in [1.29, 1.82) is 5.26 Å². The van der Waals surface area contributed by atoms with Crippen molar-refractivity contribution in [3.05, 3.63) is 81.3 Å². The molecule has 2 aromatic heterocycles. The molecule has 0 saturated heterocycles. The summed E-state index contributed by atoms with van der Waals surface area (Å²) < 4.78 is 11.1. The second-order valence-electron chi connectivity index (χ2n) is 7.33. The number of pyridine rings is 1. The molecular formula is C24H19N5O4. The number of imidazole rings is 1. The lowest BCUT2D eigenvalue weighted by molar-refractivity contribution is -0.385. The van der Waals surface area contributed by atoms with Gasteiger partial charge >= 0.3 is 0 Å². The Balaban J connectivity index is 1.63. The lowest BCUT2D eigenvalue weighted by Gasteiger charge is -2.10. The van der Waals surface area contributed by atoms with Gasteiger partial charge in [-0.3, -0.25) is 10.1 Å². The second kappa shape index (κ2) is 8.80. The summed E-state index contributed by atoms with van der Waals surface area (Å²) in [6, 6.07) is 14.1. The molecule has 4 rings (SSSR count). The minimum atomic E-state index is -0.532. The molecule has 9 nitrogen and oxygen atoms in total. The van der Waals surface area contributed by atoms with Gasteiger partial charge in [0.1, 0.15) is 18.1 Å². The van der Waals surface area contributed by atoms with E-state index in [1.165, 1.54) is 19.2 Å². The fraction of sp³-hybridized carbons (Fsp3) is 0.125. The molecule has 0 amide bonds. The summed E-state index contributed by atoms with van der Waals surface area (Å²) in [5, 5.41) is 20.5. The number of aryl methyl sites for hydroxylation is 2. The first kappa shape index (κ1) is 21.5. The van der Waals surface area contributed by atoms with E-state index in [0.29, 0.717) is 28.5 Å². The molecule has 0 spiro atoms. The van der Waals surface area contributed by atoms with Crippen LogP contribution in [0.4, 0.5) is 5.69 Å². The summed E-state index contributed by atoms with van der Waals surface area (Å²) in [5.74, 6) is 1.46. The smallest absolute Gasteiger partial charge is 0.287 e. The Bertz CT molecular complexity index is 1390. The predicted octanol–water partition coefficient (Wildman–Crippen LogP) is 5.35. The molecule has 164 valence electrons. The molecule has 33 heavy (non-hydrogen) atoms. The molecule has 0 fully saturated rings. The van der Waals surface area contributed by atoms with E-state index >= 15 is 0 Å². The average molecular weight is 441 g/mol. The number of aromatic nitrogens is 3. The Morgan fingerprint density at radius 3 is 2.61 bits per heavy atom. The molecule has 0 bridgehead atoms. The van der Waals surface area contributed by atoms with E-state index in [9.17, 15) is 15.4 Å². The summed E-state index contributed by atoms with van der Waals surface area (Å²) in [5.41, 5.74) is 4.88. The van der Waals surface area contributed by atoms with E-state index in [1.54, 1.807) is 24.3 Å².